The zero-order valence-corrected chi connectivity index (χ0v) is 25.9. The third kappa shape index (κ3) is 6.49. The number of carbonyl (C=O) groups excluding carboxylic acids is 1. The second-order valence-corrected chi connectivity index (χ2v) is 14.8. The highest BCUT2D eigenvalue weighted by molar-refractivity contribution is 5.60. The minimum Gasteiger partial charge on any atom is -0.434 e. The van der Waals surface area contributed by atoms with Crippen LogP contribution in [0.3, 0.4) is 0 Å². The summed E-state index contributed by atoms with van der Waals surface area (Å²) in [5, 5.41) is 0. The molecule has 0 aliphatic heterocycles. The van der Waals surface area contributed by atoms with E-state index in [0.29, 0.717) is 17.4 Å². The number of hydrogen-bond donors (Lipinski definition) is 0. The predicted molar refractivity (Wildman–Crippen MR) is 158 cm³/mol. The Labute approximate surface area is 235 Å². The maximum atomic E-state index is 12.3. The first-order valence-corrected chi connectivity index (χ1v) is 16.7. The van der Waals surface area contributed by atoms with Crippen molar-refractivity contribution in [2.24, 2.45) is 46.3 Å². The third-order valence-corrected chi connectivity index (χ3v) is 12.0. The van der Waals surface area contributed by atoms with Crippen LogP contribution in [0.15, 0.2) is 11.6 Å². The molecule has 4 aliphatic rings. The van der Waals surface area contributed by atoms with Crippen LogP contribution in [0.25, 0.3) is 0 Å². The van der Waals surface area contributed by atoms with Crippen molar-refractivity contribution in [1.82, 2.24) is 0 Å². The van der Waals surface area contributed by atoms with Gasteiger partial charge in [-0.3, -0.25) is 0 Å². The van der Waals surface area contributed by atoms with Gasteiger partial charge < -0.3 is 9.47 Å². The maximum absolute atomic E-state index is 12.3. The Bertz CT molecular complexity index is 801. The molecule has 8 unspecified atom stereocenters. The fourth-order valence-electron chi connectivity index (χ4n) is 9.78. The molecule has 3 fully saturated rings. The molecule has 0 bridgehead atoms. The molecule has 0 aromatic heterocycles. The minimum absolute atomic E-state index is 0.00475. The van der Waals surface area contributed by atoms with Crippen LogP contribution in [0.2, 0.25) is 0 Å². The standard InChI is InChI=1S/C35H60O3/c1-7-8-9-10-11-23-37-33(36)38-28-19-21-34(5)27(24-28)15-16-29-31-18-17-30(26(4)14-12-13-25(2)3)35(31,6)22-20-32(29)34/h15,25-26,28-32H,7-14,16-24H2,1-6H3. The lowest BCUT2D eigenvalue weighted by molar-refractivity contribution is -0.0617. The molecule has 0 saturated heterocycles. The van der Waals surface area contributed by atoms with E-state index in [0.717, 1.165) is 67.6 Å². The van der Waals surface area contributed by atoms with Gasteiger partial charge in [0.05, 0.1) is 6.61 Å². The van der Waals surface area contributed by atoms with Gasteiger partial charge in [0.1, 0.15) is 6.10 Å². The molecule has 0 spiro atoms. The Morgan fingerprint density at radius 1 is 0.947 bits per heavy atom. The van der Waals surface area contributed by atoms with E-state index >= 15 is 0 Å². The highest BCUT2D eigenvalue weighted by atomic mass is 16.7. The molecule has 4 aliphatic carbocycles. The van der Waals surface area contributed by atoms with Crippen molar-refractivity contribution in [3.63, 3.8) is 0 Å². The Balaban J connectivity index is 1.31. The molecule has 38 heavy (non-hydrogen) atoms. The highest BCUT2D eigenvalue weighted by Gasteiger charge is 2.59. The smallest absolute Gasteiger partial charge is 0.434 e. The summed E-state index contributed by atoms with van der Waals surface area (Å²) in [6, 6.07) is 0. The molecule has 8 atom stereocenters. The van der Waals surface area contributed by atoms with Crippen LogP contribution in [0, 0.1) is 46.3 Å². The van der Waals surface area contributed by atoms with Gasteiger partial charge in [0.2, 0.25) is 0 Å². The van der Waals surface area contributed by atoms with Gasteiger partial charge in [0.15, 0.2) is 0 Å². The lowest BCUT2D eigenvalue weighted by Gasteiger charge is -2.58. The molecule has 0 radical (unpaired) electrons. The van der Waals surface area contributed by atoms with E-state index in [1.54, 1.807) is 5.57 Å². The molecule has 0 amide bonds. The van der Waals surface area contributed by atoms with Crippen molar-refractivity contribution in [3.05, 3.63) is 11.6 Å². The van der Waals surface area contributed by atoms with E-state index in [9.17, 15) is 4.79 Å². The Morgan fingerprint density at radius 2 is 1.74 bits per heavy atom. The molecular weight excluding hydrogens is 468 g/mol. The summed E-state index contributed by atoms with van der Waals surface area (Å²) < 4.78 is 11.2. The molecule has 0 aromatic carbocycles. The SMILES string of the molecule is CCCCCCCOC(=O)OC1CCC2(C)C(=CCC3C2CCC2(C)C(C(C)CCCC(C)C)CCC32)C1. The van der Waals surface area contributed by atoms with E-state index in [2.05, 4.69) is 47.6 Å². The number of ether oxygens (including phenoxy) is 2. The van der Waals surface area contributed by atoms with E-state index in [1.165, 1.54) is 70.6 Å². The molecule has 3 nitrogen and oxygen atoms in total. The van der Waals surface area contributed by atoms with Gasteiger partial charge in [-0.1, -0.05) is 98.1 Å². The number of rotatable bonds is 12. The second kappa shape index (κ2) is 13.1. The van der Waals surface area contributed by atoms with E-state index in [-0.39, 0.29) is 6.10 Å². The Hall–Kier alpha value is -0.990. The zero-order chi connectivity index (χ0) is 27.3. The first-order chi connectivity index (χ1) is 18.2. The maximum Gasteiger partial charge on any atom is 0.508 e. The summed E-state index contributed by atoms with van der Waals surface area (Å²) in [5.41, 5.74) is 2.43. The van der Waals surface area contributed by atoms with Crippen LogP contribution in [-0.2, 0) is 9.47 Å². The number of fused-ring (bicyclic) bond motifs is 5. The van der Waals surface area contributed by atoms with Crippen LogP contribution >= 0.6 is 0 Å². The fraction of sp³-hybridized carbons (Fsp3) is 0.914. The van der Waals surface area contributed by atoms with Gasteiger partial charge in [-0.25, -0.2) is 4.79 Å². The lowest BCUT2D eigenvalue weighted by atomic mass is 9.47. The van der Waals surface area contributed by atoms with Gasteiger partial charge in [0.25, 0.3) is 0 Å². The molecule has 0 aromatic rings. The molecule has 3 saturated carbocycles. The van der Waals surface area contributed by atoms with E-state index in [1.807, 2.05) is 0 Å². The third-order valence-electron chi connectivity index (χ3n) is 12.0. The number of hydrogen-bond acceptors (Lipinski definition) is 3. The van der Waals surface area contributed by atoms with Crippen molar-refractivity contribution < 1.29 is 14.3 Å². The Kier molecular flexibility index (Phi) is 10.3. The first kappa shape index (κ1) is 30.0. The lowest BCUT2D eigenvalue weighted by Crippen LogP contribution is -2.51. The second-order valence-electron chi connectivity index (χ2n) is 14.8. The first-order valence-electron chi connectivity index (χ1n) is 16.7. The number of allylic oxidation sites excluding steroid dienone is 1. The summed E-state index contributed by atoms with van der Waals surface area (Å²) in [5.74, 6) is 5.18. The summed E-state index contributed by atoms with van der Waals surface area (Å²) in [7, 11) is 0. The molecule has 0 N–H and O–H groups in total. The van der Waals surface area contributed by atoms with Crippen LogP contribution in [0.1, 0.15) is 144 Å². The zero-order valence-electron chi connectivity index (χ0n) is 25.9. The average Bonchev–Trinajstić information content (AvgIpc) is 3.23. The van der Waals surface area contributed by atoms with Gasteiger partial charge in [-0.05, 0) is 97.7 Å². The van der Waals surface area contributed by atoms with E-state index < -0.39 is 6.16 Å². The summed E-state index contributed by atoms with van der Waals surface area (Å²) >= 11 is 0. The molecule has 4 rings (SSSR count). The molecular formula is C35H60O3. The van der Waals surface area contributed by atoms with Gasteiger partial charge in [0, 0.05) is 6.42 Å². The topological polar surface area (TPSA) is 35.5 Å². The average molecular weight is 529 g/mol. The van der Waals surface area contributed by atoms with Crippen molar-refractivity contribution in [3.8, 4) is 0 Å². The summed E-state index contributed by atoms with van der Waals surface area (Å²) in [6.07, 6.45) is 22.2. The van der Waals surface area contributed by atoms with Crippen molar-refractivity contribution in [1.29, 1.82) is 0 Å². The van der Waals surface area contributed by atoms with Gasteiger partial charge >= 0.3 is 6.16 Å². The fourth-order valence-corrected chi connectivity index (χ4v) is 9.78. The predicted octanol–water partition coefficient (Wildman–Crippen LogP) is 10.5. The van der Waals surface area contributed by atoms with Gasteiger partial charge in [-0.15, -0.1) is 0 Å². The Morgan fingerprint density at radius 3 is 2.50 bits per heavy atom. The molecule has 3 heteroatoms. The van der Waals surface area contributed by atoms with Crippen molar-refractivity contribution >= 4 is 6.16 Å². The van der Waals surface area contributed by atoms with Crippen LogP contribution in [-0.4, -0.2) is 18.9 Å². The van der Waals surface area contributed by atoms with E-state index in [4.69, 9.17) is 9.47 Å². The van der Waals surface area contributed by atoms with Gasteiger partial charge in [-0.2, -0.15) is 0 Å². The quantitative estimate of drug-likeness (QED) is 0.143. The minimum atomic E-state index is -0.448. The van der Waals surface area contributed by atoms with Crippen LogP contribution in [0.4, 0.5) is 4.79 Å². The van der Waals surface area contributed by atoms with Crippen molar-refractivity contribution in [2.45, 2.75) is 150 Å². The summed E-state index contributed by atoms with van der Waals surface area (Å²) in [4.78, 5) is 12.3. The number of carbonyl (C=O) groups is 1. The summed E-state index contributed by atoms with van der Waals surface area (Å²) in [6.45, 7) is 15.3. The van der Waals surface area contributed by atoms with Crippen LogP contribution in [0.5, 0.6) is 0 Å². The molecule has 0 heterocycles. The van der Waals surface area contributed by atoms with Crippen molar-refractivity contribution in [2.75, 3.05) is 6.61 Å². The molecule has 218 valence electrons. The highest BCUT2D eigenvalue weighted by Crippen LogP contribution is 2.67. The number of unbranched alkanes of at least 4 members (excludes halogenated alkanes) is 4. The normalized spacial score (nSPS) is 37.1. The van der Waals surface area contributed by atoms with Crippen LogP contribution < -0.4 is 0 Å². The largest absolute Gasteiger partial charge is 0.508 e. The monoisotopic (exact) mass is 528 g/mol.